The maximum Gasteiger partial charge on any atom is 0.327 e. The molecular weight excluding hydrogens is 360 g/mol. The number of ketones is 1. The van der Waals surface area contributed by atoms with E-state index in [2.05, 4.69) is 0 Å². The van der Waals surface area contributed by atoms with Crippen LogP contribution >= 0.6 is 0 Å². The highest BCUT2D eigenvalue weighted by Gasteiger charge is 2.55. The molecule has 7 heteroatoms. The number of amides is 3. The van der Waals surface area contributed by atoms with E-state index in [1.54, 1.807) is 43.1 Å². The third-order valence-electron chi connectivity index (χ3n) is 5.82. The average molecular weight is 388 g/mol. The number of aliphatic hydroxyl groups excluding tert-OH is 1. The van der Waals surface area contributed by atoms with Gasteiger partial charge in [-0.15, -0.1) is 0 Å². The second-order valence-corrected chi connectivity index (χ2v) is 7.62. The summed E-state index contributed by atoms with van der Waals surface area (Å²) in [4.78, 5) is 39.8. The van der Waals surface area contributed by atoms with Crippen molar-refractivity contribution in [3.8, 4) is 5.75 Å². The molecule has 1 saturated heterocycles. The lowest BCUT2D eigenvalue weighted by Crippen LogP contribution is -2.49. The molecule has 1 atom stereocenters. The van der Waals surface area contributed by atoms with Crippen molar-refractivity contribution in [3.63, 3.8) is 0 Å². The number of urea groups is 1. The summed E-state index contributed by atoms with van der Waals surface area (Å²) in [6, 6.07) is 6.36. The molecule has 1 aromatic carbocycles. The monoisotopic (exact) mass is 388 g/mol. The molecule has 1 heterocycles. The second-order valence-electron chi connectivity index (χ2n) is 7.62. The highest BCUT2D eigenvalue weighted by molar-refractivity contribution is 6.07. The van der Waals surface area contributed by atoms with Crippen LogP contribution in [0.5, 0.6) is 5.75 Å². The first-order chi connectivity index (χ1) is 13.4. The average Bonchev–Trinajstić information content (AvgIpc) is 2.89. The van der Waals surface area contributed by atoms with E-state index in [4.69, 9.17) is 4.74 Å². The van der Waals surface area contributed by atoms with Gasteiger partial charge < -0.3 is 14.7 Å². The van der Waals surface area contributed by atoms with E-state index in [9.17, 15) is 19.5 Å². The van der Waals surface area contributed by atoms with Crippen LogP contribution in [0.3, 0.4) is 0 Å². The number of aliphatic hydroxyl groups is 1. The van der Waals surface area contributed by atoms with Gasteiger partial charge >= 0.3 is 6.03 Å². The van der Waals surface area contributed by atoms with Crippen molar-refractivity contribution < 1.29 is 24.2 Å². The molecule has 28 heavy (non-hydrogen) atoms. The van der Waals surface area contributed by atoms with E-state index in [1.807, 2.05) is 0 Å². The number of β-amino-alcohol motifs (C(OH)–C–C–N with tert-alkyl or cyclic N) is 1. The first-order valence-corrected chi connectivity index (χ1v) is 9.93. The molecule has 2 aliphatic rings. The zero-order chi connectivity index (χ0) is 20.3. The SMILES string of the molecule is CCC(=O)c1ccc(OC[C@@H](O)CN2C(=O)N(C)C3(CCCCC3)C2=O)cc1. The Bertz CT molecular complexity index is 740. The van der Waals surface area contributed by atoms with Gasteiger partial charge in [-0.25, -0.2) is 4.79 Å². The summed E-state index contributed by atoms with van der Waals surface area (Å²) in [5.41, 5.74) is -0.123. The van der Waals surface area contributed by atoms with E-state index in [-0.39, 0.29) is 30.9 Å². The van der Waals surface area contributed by atoms with Crippen LogP contribution in [0, 0.1) is 0 Å². The van der Waals surface area contributed by atoms with Gasteiger partial charge in [-0.1, -0.05) is 26.2 Å². The van der Waals surface area contributed by atoms with Crippen molar-refractivity contribution in [2.75, 3.05) is 20.2 Å². The number of likely N-dealkylation sites (N-methyl/N-ethyl adjacent to an activating group) is 1. The van der Waals surface area contributed by atoms with Crippen LogP contribution in [-0.4, -0.2) is 64.5 Å². The Balaban J connectivity index is 1.57. The summed E-state index contributed by atoms with van der Waals surface area (Å²) in [6.45, 7) is 1.67. The molecule has 7 nitrogen and oxygen atoms in total. The Morgan fingerprint density at radius 2 is 1.82 bits per heavy atom. The van der Waals surface area contributed by atoms with Crippen LogP contribution in [0.15, 0.2) is 24.3 Å². The summed E-state index contributed by atoms with van der Waals surface area (Å²) >= 11 is 0. The lowest BCUT2D eigenvalue weighted by molar-refractivity contribution is -0.135. The molecule has 0 bridgehead atoms. The van der Waals surface area contributed by atoms with Gasteiger partial charge in [0.25, 0.3) is 5.91 Å². The van der Waals surface area contributed by atoms with Gasteiger partial charge in [-0.2, -0.15) is 0 Å². The van der Waals surface area contributed by atoms with Gasteiger partial charge in [-0.3, -0.25) is 14.5 Å². The quantitative estimate of drug-likeness (QED) is 0.573. The van der Waals surface area contributed by atoms with E-state index in [1.165, 1.54) is 0 Å². The summed E-state index contributed by atoms with van der Waals surface area (Å²) in [5, 5.41) is 10.3. The molecule has 1 saturated carbocycles. The maximum absolute atomic E-state index is 12.9. The van der Waals surface area contributed by atoms with Crippen molar-refractivity contribution in [2.45, 2.75) is 57.1 Å². The molecule has 1 aliphatic heterocycles. The second kappa shape index (κ2) is 8.31. The van der Waals surface area contributed by atoms with Crippen LogP contribution in [-0.2, 0) is 4.79 Å². The Morgan fingerprint density at radius 3 is 2.43 bits per heavy atom. The normalized spacial score (nSPS) is 20.0. The first kappa shape index (κ1) is 20.3. The van der Waals surface area contributed by atoms with Crippen LogP contribution in [0.25, 0.3) is 0 Å². The number of carbonyl (C=O) groups is 3. The third-order valence-corrected chi connectivity index (χ3v) is 5.82. The zero-order valence-electron chi connectivity index (χ0n) is 16.5. The molecule has 1 aliphatic carbocycles. The van der Waals surface area contributed by atoms with E-state index in [0.29, 0.717) is 30.6 Å². The van der Waals surface area contributed by atoms with Gasteiger partial charge in [0.1, 0.15) is 24.0 Å². The third kappa shape index (κ3) is 3.76. The van der Waals surface area contributed by atoms with Crippen LogP contribution in [0.1, 0.15) is 55.8 Å². The number of ether oxygens (including phenoxy) is 1. The van der Waals surface area contributed by atoms with Crippen molar-refractivity contribution in [3.05, 3.63) is 29.8 Å². The van der Waals surface area contributed by atoms with Crippen molar-refractivity contribution in [2.24, 2.45) is 0 Å². The number of imide groups is 1. The number of nitrogens with zero attached hydrogens (tertiary/aromatic N) is 2. The van der Waals surface area contributed by atoms with Crippen molar-refractivity contribution in [1.29, 1.82) is 0 Å². The fraction of sp³-hybridized carbons (Fsp3) is 0.571. The number of rotatable bonds is 7. The molecule has 3 amide bonds. The summed E-state index contributed by atoms with van der Waals surface area (Å²) in [6.07, 6.45) is 3.75. The number of carbonyl (C=O) groups excluding carboxylic acids is 3. The van der Waals surface area contributed by atoms with Gasteiger partial charge in [0, 0.05) is 19.0 Å². The Hall–Kier alpha value is -2.41. The van der Waals surface area contributed by atoms with Crippen LogP contribution in [0.4, 0.5) is 4.79 Å². The molecule has 0 unspecified atom stereocenters. The number of hydrogen-bond donors (Lipinski definition) is 1. The molecule has 1 spiro atoms. The predicted molar refractivity (Wildman–Crippen MR) is 103 cm³/mol. The Morgan fingerprint density at radius 1 is 1.18 bits per heavy atom. The highest BCUT2D eigenvalue weighted by atomic mass is 16.5. The molecular formula is C21H28N2O5. The Labute approximate surface area is 165 Å². The number of benzene rings is 1. The van der Waals surface area contributed by atoms with E-state index >= 15 is 0 Å². The lowest BCUT2D eigenvalue weighted by atomic mass is 9.81. The van der Waals surface area contributed by atoms with Gasteiger partial charge in [-0.05, 0) is 37.1 Å². The largest absolute Gasteiger partial charge is 0.491 e. The maximum atomic E-state index is 12.9. The lowest BCUT2D eigenvalue weighted by Gasteiger charge is -2.35. The molecule has 1 aromatic rings. The smallest absolute Gasteiger partial charge is 0.327 e. The summed E-state index contributed by atoms with van der Waals surface area (Å²) < 4.78 is 5.56. The molecule has 1 N–H and O–H groups in total. The van der Waals surface area contributed by atoms with Crippen LogP contribution < -0.4 is 4.74 Å². The predicted octanol–water partition coefficient (Wildman–Crippen LogP) is 2.62. The topological polar surface area (TPSA) is 87.2 Å². The van der Waals surface area contributed by atoms with E-state index in [0.717, 1.165) is 24.2 Å². The van der Waals surface area contributed by atoms with Gasteiger partial charge in [0.15, 0.2) is 5.78 Å². The zero-order valence-corrected chi connectivity index (χ0v) is 16.5. The number of Topliss-reactive ketones (excluding diaryl/α,β-unsaturated/α-hetero) is 1. The van der Waals surface area contributed by atoms with Crippen LogP contribution in [0.2, 0.25) is 0 Å². The standard InChI is InChI=1S/C21H28N2O5/c1-3-18(25)15-7-9-17(10-8-15)28-14-16(24)13-23-19(26)21(22(2)20(23)27)11-5-4-6-12-21/h7-10,16,24H,3-6,11-14H2,1-2H3/t16-/m0/s1. The molecule has 152 valence electrons. The minimum absolute atomic E-state index is 0.0468. The Kier molecular flexibility index (Phi) is 6.03. The molecule has 0 aromatic heterocycles. The van der Waals surface area contributed by atoms with Crippen molar-refractivity contribution >= 4 is 17.7 Å². The molecule has 2 fully saturated rings. The number of hydrogen-bond acceptors (Lipinski definition) is 5. The molecule has 0 radical (unpaired) electrons. The minimum Gasteiger partial charge on any atom is -0.491 e. The van der Waals surface area contributed by atoms with Gasteiger partial charge in [0.05, 0.1) is 6.54 Å². The summed E-state index contributed by atoms with van der Waals surface area (Å²) in [5.74, 6) is 0.367. The fourth-order valence-electron chi connectivity index (χ4n) is 4.09. The van der Waals surface area contributed by atoms with Crippen molar-refractivity contribution in [1.82, 2.24) is 9.80 Å². The summed E-state index contributed by atoms with van der Waals surface area (Å²) in [7, 11) is 1.67. The van der Waals surface area contributed by atoms with E-state index < -0.39 is 11.6 Å². The minimum atomic E-state index is -0.989. The molecule has 3 rings (SSSR count). The first-order valence-electron chi connectivity index (χ1n) is 9.93. The highest BCUT2D eigenvalue weighted by Crippen LogP contribution is 2.39. The van der Waals surface area contributed by atoms with Gasteiger partial charge in [0.2, 0.25) is 0 Å². The fourth-order valence-corrected chi connectivity index (χ4v) is 4.09.